The first kappa shape index (κ1) is 19.2. The zero-order chi connectivity index (χ0) is 21.1. The maximum absolute atomic E-state index is 13.4. The van der Waals surface area contributed by atoms with Crippen LogP contribution >= 0.6 is 0 Å². The molecule has 0 radical (unpaired) electrons. The summed E-state index contributed by atoms with van der Waals surface area (Å²) >= 11 is 0. The molecule has 0 spiro atoms. The van der Waals surface area contributed by atoms with Gasteiger partial charge in [0.15, 0.2) is 5.78 Å². The van der Waals surface area contributed by atoms with E-state index in [4.69, 9.17) is 4.52 Å². The lowest BCUT2D eigenvalue weighted by atomic mass is 10.1. The number of carbonyl (C=O) groups excluding carboxylic acids is 2. The van der Waals surface area contributed by atoms with Gasteiger partial charge in [0.05, 0.1) is 0 Å². The maximum atomic E-state index is 13.4. The minimum atomic E-state index is -0.386. The number of ketones is 1. The highest BCUT2D eigenvalue weighted by molar-refractivity contribution is 6.05. The number of amides is 1. The highest BCUT2D eigenvalue weighted by Gasteiger charge is 2.13. The van der Waals surface area contributed by atoms with E-state index in [0.29, 0.717) is 27.9 Å². The van der Waals surface area contributed by atoms with E-state index in [1.165, 1.54) is 19.1 Å². The van der Waals surface area contributed by atoms with Crippen molar-refractivity contribution in [2.45, 2.75) is 6.92 Å². The largest absolute Gasteiger partial charge is 0.334 e. The summed E-state index contributed by atoms with van der Waals surface area (Å²) in [6.45, 7) is 1.47. The van der Waals surface area contributed by atoms with E-state index in [0.717, 1.165) is 0 Å². The van der Waals surface area contributed by atoms with Crippen molar-refractivity contribution in [3.63, 3.8) is 0 Å². The predicted molar refractivity (Wildman–Crippen MR) is 110 cm³/mol. The second-order valence-electron chi connectivity index (χ2n) is 6.60. The Bertz CT molecular complexity index is 1230. The Balaban J connectivity index is 1.50. The first-order valence-electron chi connectivity index (χ1n) is 9.12. The molecule has 4 rings (SSSR count). The molecule has 0 aliphatic rings. The molecule has 0 unspecified atom stereocenters. The van der Waals surface area contributed by atoms with Gasteiger partial charge in [0, 0.05) is 27.9 Å². The molecule has 1 aromatic heterocycles. The zero-order valence-corrected chi connectivity index (χ0v) is 15.9. The van der Waals surface area contributed by atoms with Crippen molar-refractivity contribution in [3.05, 3.63) is 89.7 Å². The van der Waals surface area contributed by atoms with Crippen molar-refractivity contribution in [1.82, 2.24) is 10.1 Å². The number of Topliss-reactive ketones (excluding diaryl/α,β-unsaturated/α-hetero) is 1. The predicted octanol–water partition coefficient (Wildman–Crippen LogP) is 5.00. The van der Waals surface area contributed by atoms with Gasteiger partial charge in [0.25, 0.3) is 11.8 Å². The normalized spacial score (nSPS) is 10.6. The lowest BCUT2D eigenvalue weighted by molar-refractivity contribution is 0.101. The molecule has 0 aliphatic carbocycles. The van der Waals surface area contributed by atoms with Gasteiger partial charge >= 0.3 is 0 Å². The molecule has 0 bridgehead atoms. The van der Waals surface area contributed by atoms with E-state index in [1.54, 1.807) is 60.7 Å². The molecule has 1 N–H and O–H groups in total. The fraction of sp³-hybridized carbons (Fsp3) is 0.0435. The summed E-state index contributed by atoms with van der Waals surface area (Å²) in [4.78, 5) is 28.2. The molecule has 148 valence electrons. The van der Waals surface area contributed by atoms with Crippen molar-refractivity contribution in [1.29, 1.82) is 0 Å². The molecule has 30 heavy (non-hydrogen) atoms. The summed E-state index contributed by atoms with van der Waals surface area (Å²) < 4.78 is 18.6. The summed E-state index contributed by atoms with van der Waals surface area (Å²) in [6.07, 6.45) is 0. The van der Waals surface area contributed by atoms with Crippen LogP contribution in [0.2, 0.25) is 0 Å². The minimum absolute atomic E-state index is 0.0763. The van der Waals surface area contributed by atoms with Gasteiger partial charge in [-0.2, -0.15) is 4.98 Å². The van der Waals surface area contributed by atoms with Crippen LogP contribution in [0.1, 0.15) is 27.6 Å². The third kappa shape index (κ3) is 4.15. The Kier molecular flexibility index (Phi) is 5.17. The number of aromatic nitrogens is 2. The number of halogens is 1. The molecule has 0 atom stereocenters. The second-order valence-corrected chi connectivity index (χ2v) is 6.60. The van der Waals surface area contributed by atoms with Crippen LogP contribution in [0.15, 0.2) is 77.3 Å². The minimum Gasteiger partial charge on any atom is -0.334 e. The number of rotatable bonds is 5. The number of nitrogens with zero attached hydrogens (tertiary/aromatic N) is 2. The van der Waals surface area contributed by atoms with Crippen LogP contribution in [0.3, 0.4) is 0 Å². The van der Waals surface area contributed by atoms with Crippen molar-refractivity contribution < 1.29 is 18.5 Å². The molecule has 7 heteroatoms. The van der Waals surface area contributed by atoms with Crippen LogP contribution < -0.4 is 5.32 Å². The van der Waals surface area contributed by atoms with Crippen molar-refractivity contribution in [2.75, 3.05) is 5.32 Å². The van der Waals surface area contributed by atoms with Crippen molar-refractivity contribution in [3.8, 4) is 22.8 Å². The Hall–Kier alpha value is -4.13. The molecular weight excluding hydrogens is 385 g/mol. The first-order valence-corrected chi connectivity index (χ1v) is 9.12. The van der Waals surface area contributed by atoms with Gasteiger partial charge in [-0.25, -0.2) is 4.39 Å². The third-order valence-electron chi connectivity index (χ3n) is 4.43. The standard InChI is InChI=1S/C23H16FN3O3/c1-14(28)17-4-3-7-20(13-17)25-22(29)15-8-10-16(11-9-15)23-26-21(27-30-23)18-5-2-6-19(24)12-18/h2-13H,1H3,(H,25,29). The smallest absolute Gasteiger partial charge is 0.258 e. The van der Waals surface area contributed by atoms with E-state index in [2.05, 4.69) is 15.5 Å². The summed E-state index contributed by atoms with van der Waals surface area (Å²) in [6, 6.07) is 19.3. The van der Waals surface area contributed by atoms with Crippen LogP contribution in [0, 0.1) is 5.82 Å². The average Bonchev–Trinajstić information content (AvgIpc) is 3.24. The molecule has 0 fully saturated rings. The van der Waals surface area contributed by atoms with Gasteiger partial charge < -0.3 is 9.84 Å². The van der Waals surface area contributed by atoms with Crippen molar-refractivity contribution >= 4 is 17.4 Å². The average molecular weight is 401 g/mol. The highest BCUT2D eigenvalue weighted by Crippen LogP contribution is 2.23. The number of nitrogens with one attached hydrogen (secondary N) is 1. The fourth-order valence-electron chi connectivity index (χ4n) is 2.87. The Morgan fingerprint density at radius 1 is 0.900 bits per heavy atom. The van der Waals surface area contributed by atoms with Crippen LogP contribution in [-0.4, -0.2) is 21.8 Å². The van der Waals surface area contributed by atoms with Gasteiger partial charge in [0.1, 0.15) is 5.82 Å². The SMILES string of the molecule is CC(=O)c1cccc(NC(=O)c2ccc(-c3nc(-c4cccc(F)c4)no3)cc2)c1. The van der Waals surface area contributed by atoms with Crippen LogP contribution in [0.5, 0.6) is 0 Å². The molecule has 3 aromatic carbocycles. The van der Waals surface area contributed by atoms with Crippen molar-refractivity contribution in [2.24, 2.45) is 0 Å². The number of benzene rings is 3. The quantitative estimate of drug-likeness (QED) is 0.476. The van der Waals surface area contributed by atoms with E-state index in [9.17, 15) is 14.0 Å². The number of hydrogen-bond donors (Lipinski definition) is 1. The maximum Gasteiger partial charge on any atom is 0.258 e. The number of hydrogen-bond acceptors (Lipinski definition) is 5. The Morgan fingerprint density at radius 2 is 1.67 bits per heavy atom. The van der Waals surface area contributed by atoms with Crippen LogP contribution in [0.4, 0.5) is 10.1 Å². The summed E-state index contributed by atoms with van der Waals surface area (Å²) in [5.74, 6) is -0.240. The number of carbonyl (C=O) groups is 2. The monoisotopic (exact) mass is 401 g/mol. The van der Waals surface area contributed by atoms with E-state index in [1.807, 2.05) is 0 Å². The van der Waals surface area contributed by atoms with E-state index >= 15 is 0 Å². The van der Waals surface area contributed by atoms with Crippen LogP contribution in [-0.2, 0) is 0 Å². The first-order chi connectivity index (χ1) is 14.5. The lowest BCUT2D eigenvalue weighted by Gasteiger charge is -2.06. The molecular formula is C23H16FN3O3. The van der Waals surface area contributed by atoms with Gasteiger partial charge in [-0.1, -0.05) is 29.4 Å². The molecule has 1 heterocycles. The van der Waals surface area contributed by atoms with E-state index < -0.39 is 0 Å². The molecule has 0 saturated heterocycles. The Labute approximate surface area is 171 Å². The van der Waals surface area contributed by atoms with Crippen LogP contribution in [0.25, 0.3) is 22.8 Å². The Morgan fingerprint density at radius 3 is 2.40 bits per heavy atom. The summed E-state index contributed by atoms with van der Waals surface area (Å²) in [7, 11) is 0. The third-order valence-corrected chi connectivity index (χ3v) is 4.43. The molecule has 6 nitrogen and oxygen atoms in total. The van der Waals surface area contributed by atoms with E-state index in [-0.39, 0.29) is 29.2 Å². The highest BCUT2D eigenvalue weighted by atomic mass is 19.1. The fourth-order valence-corrected chi connectivity index (χ4v) is 2.87. The van der Waals surface area contributed by atoms with Gasteiger partial charge in [-0.3, -0.25) is 9.59 Å². The lowest BCUT2D eigenvalue weighted by Crippen LogP contribution is -2.12. The second kappa shape index (κ2) is 8.08. The summed E-state index contributed by atoms with van der Waals surface area (Å²) in [5.41, 5.74) is 2.62. The van der Waals surface area contributed by atoms with Gasteiger partial charge in [-0.15, -0.1) is 0 Å². The van der Waals surface area contributed by atoms with Gasteiger partial charge in [0.2, 0.25) is 5.82 Å². The van der Waals surface area contributed by atoms with Gasteiger partial charge in [-0.05, 0) is 55.5 Å². The molecule has 0 aliphatic heterocycles. The summed E-state index contributed by atoms with van der Waals surface area (Å²) in [5, 5.41) is 6.65. The number of anilines is 1. The molecule has 4 aromatic rings. The molecule has 1 amide bonds. The topological polar surface area (TPSA) is 85.1 Å². The molecule has 0 saturated carbocycles. The zero-order valence-electron chi connectivity index (χ0n) is 15.9.